The number of nitrogens with zero attached hydrogens (tertiary/aromatic N) is 4. The lowest BCUT2D eigenvalue weighted by Gasteiger charge is -2.20. The summed E-state index contributed by atoms with van der Waals surface area (Å²) in [6.07, 6.45) is 1.73. The average molecular weight is 438 g/mol. The maximum Gasteiger partial charge on any atom is 0.266 e. The van der Waals surface area contributed by atoms with E-state index in [1.807, 2.05) is 61.5 Å². The molecule has 0 unspecified atom stereocenters. The van der Waals surface area contributed by atoms with Crippen LogP contribution in [0.1, 0.15) is 34.7 Å². The molecule has 0 saturated carbocycles. The van der Waals surface area contributed by atoms with Crippen LogP contribution in [0, 0.1) is 6.92 Å². The molecule has 0 spiro atoms. The van der Waals surface area contributed by atoms with Crippen molar-refractivity contribution in [1.82, 2.24) is 24.5 Å². The van der Waals surface area contributed by atoms with Gasteiger partial charge < -0.3 is 11.1 Å². The van der Waals surface area contributed by atoms with Crippen molar-refractivity contribution >= 4 is 28.1 Å². The fourth-order valence-electron chi connectivity index (χ4n) is 4.11. The van der Waals surface area contributed by atoms with Crippen LogP contribution in [0.4, 0.5) is 5.82 Å². The van der Waals surface area contributed by atoms with E-state index in [4.69, 9.17) is 10.7 Å². The zero-order valence-corrected chi connectivity index (χ0v) is 18.2. The van der Waals surface area contributed by atoms with Crippen LogP contribution in [0.5, 0.6) is 0 Å². The van der Waals surface area contributed by atoms with Gasteiger partial charge in [0, 0.05) is 6.20 Å². The summed E-state index contributed by atoms with van der Waals surface area (Å²) in [5.74, 6) is 0.167. The fraction of sp³-hybridized carbons (Fsp3) is 0.120. The topological polar surface area (TPSA) is 107 Å². The summed E-state index contributed by atoms with van der Waals surface area (Å²) in [7, 11) is 0. The summed E-state index contributed by atoms with van der Waals surface area (Å²) in [4.78, 5) is 31.6. The van der Waals surface area contributed by atoms with E-state index in [-0.39, 0.29) is 22.8 Å². The molecule has 164 valence electrons. The van der Waals surface area contributed by atoms with Crippen LogP contribution in [0.2, 0.25) is 0 Å². The molecule has 1 atom stereocenters. The van der Waals surface area contributed by atoms with Gasteiger partial charge in [0.2, 0.25) is 0 Å². The van der Waals surface area contributed by atoms with Crippen LogP contribution >= 0.6 is 0 Å². The van der Waals surface area contributed by atoms with Gasteiger partial charge in [-0.05, 0) is 49.7 Å². The highest BCUT2D eigenvalue weighted by Gasteiger charge is 2.24. The van der Waals surface area contributed by atoms with Crippen molar-refractivity contribution in [2.45, 2.75) is 19.9 Å². The SMILES string of the molecule is Cc1cccc2nc([C@H](C)NC(=O)c3c(N)nn4ccccc34)n(-c3ccccc3)c(=O)c12. The molecule has 0 aliphatic rings. The van der Waals surface area contributed by atoms with E-state index in [2.05, 4.69) is 10.4 Å². The molecule has 0 fully saturated rings. The second kappa shape index (κ2) is 7.90. The number of hydrogen-bond donors (Lipinski definition) is 2. The number of carbonyl (C=O) groups excluding carboxylic acids is 1. The minimum atomic E-state index is -0.589. The van der Waals surface area contributed by atoms with Crippen LogP contribution in [0.3, 0.4) is 0 Å². The van der Waals surface area contributed by atoms with Gasteiger partial charge in [0.05, 0.1) is 28.1 Å². The molecule has 0 saturated heterocycles. The van der Waals surface area contributed by atoms with Gasteiger partial charge in [-0.25, -0.2) is 9.50 Å². The number of pyridine rings is 1. The number of aryl methyl sites for hydroxylation is 1. The number of rotatable bonds is 4. The standard InChI is InChI=1S/C25H22N6O2/c1-15-9-8-12-18-20(15)25(33)31(17-10-4-3-5-11-17)23(28-18)16(2)27-24(32)21-19-13-6-7-14-30(19)29-22(21)26/h3-14,16H,1-2H3,(H2,26,29)(H,27,32)/t16-/m0/s1. The molecule has 0 radical (unpaired) electrons. The minimum absolute atomic E-state index is 0.133. The van der Waals surface area contributed by atoms with Gasteiger partial charge in [-0.15, -0.1) is 5.10 Å². The fourth-order valence-corrected chi connectivity index (χ4v) is 4.11. The number of carbonyl (C=O) groups is 1. The Bertz CT molecular complexity index is 1570. The van der Waals surface area contributed by atoms with Gasteiger partial charge in [-0.1, -0.05) is 36.4 Å². The lowest BCUT2D eigenvalue weighted by molar-refractivity contribution is 0.0940. The van der Waals surface area contributed by atoms with Crippen LogP contribution in [0.25, 0.3) is 22.1 Å². The summed E-state index contributed by atoms with van der Waals surface area (Å²) in [6.45, 7) is 3.68. The first-order valence-corrected chi connectivity index (χ1v) is 10.6. The molecule has 3 aromatic heterocycles. The second-order valence-electron chi connectivity index (χ2n) is 7.90. The average Bonchev–Trinajstić information content (AvgIpc) is 3.15. The van der Waals surface area contributed by atoms with Gasteiger partial charge in [-0.2, -0.15) is 0 Å². The third-order valence-electron chi connectivity index (χ3n) is 5.68. The number of para-hydroxylation sites is 1. The number of fused-ring (bicyclic) bond motifs is 2. The predicted molar refractivity (Wildman–Crippen MR) is 128 cm³/mol. The van der Waals surface area contributed by atoms with Gasteiger partial charge in [0.15, 0.2) is 5.82 Å². The zero-order chi connectivity index (χ0) is 23.1. The molecule has 0 aliphatic heterocycles. The van der Waals surface area contributed by atoms with E-state index in [1.54, 1.807) is 34.3 Å². The van der Waals surface area contributed by atoms with E-state index in [0.29, 0.717) is 27.9 Å². The number of hydrogen-bond acceptors (Lipinski definition) is 5. The van der Waals surface area contributed by atoms with Crippen molar-refractivity contribution in [1.29, 1.82) is 0 Å². The molecule has 5 rings (SSSR count). The van der Waals surface area contributed by atoms with Crippen LogP contribution in [-0.4, -0.2) is 25.1 Å². The lowest BCUT2D eigenvalue weighted by atomic mass is 10.1. The van der Waals surface area contributed by atoms with Gasteiger partial charge >= 0.3 is 0 Å². The second-order valence-corrected chi connectivity index (χ2v) is 7.90. The highest BCUT2D eigenvalue weighted by molar-refractivity contribution is 6.05. The number of nitrogens with one attached hydrogen (secondary N) is 1. The normalized spacial score (nSPS) is 12.2. The molecule has 8 heteroatoms. The Hall–Kier alpha value is -4.46. The zero-order valence-electron chi connectivity index (χ0n) is 18.2. The van der Waals surface area contributed by atoms with Crippen molar-refractivity contribution in [3.05, 3.63) is 100 Å². The first-order chi connectivity index (χ1) is 16.0. The summed E-state index contributed by atoms with van der Waals surface area (Å²) >= 11 is 0. The van der Waals surface area contributed by atoms with E-state index >= 15 is 0 Å². The first kappa shape index (κ1) is 20.4. The molecular weight excluding hydrogens is 416 g/mol. The maximum atomic E-state index is 13.6. The monoisotopic (exact) mass is 438 g/mol. The Morgan fingerprint density at radius 3 is 2.58 bits per heavy atom. The third kappa shape index (κ3) is 3.41. The van der Waals surface area contributed by atoms with E-state index in [0.717, 1.165) is 5.56 Å². The van der Waals surface area contributed by atoms with E-state index in [9.17, 15) is 9.59 Å². The lowest BCUT2D eigenvalue weighted by Crippen LogP contribution is -2.33. The molecule has 5 aromatic rings. The van der Waals surface area contributed by atoms with Gasteiger partial charge in [-0.3, -0.25) is 14.2 Å². The highest BCUT2D eigenvalue weighted by atomic mass is 16.2. The van der Waals surface area contributed by atoms with Gasteiger partial charge in [0.25, 0.3) is 11.5 Å². The summed E-state index contributed by atoms with van der Waals surface area (Å²) < 4.78 is 3.12. The Kier molecular flexibility index (Phi) is 4.90. The summed E-state index contributed by atoms with van der Waals surface area (Å²) in [6, 6.07) is 19.7. The predicted octanol–water partition coefficient (Wildman–Crippen LogP) is 3.42. The molecule has 3 N–H and O–H groups in total. The number of nitrogens with two attached hydrogens (primary N) is 1. The molecule has 0 bridgehead atoms. The third-order valence-corrected chi connectivity index (χ3v) is 5.68. The Morgan fingerprint density at radius 1 is 1.03 bits per heavy atom. The number of anilines is 1. The minimum Gasteiger partial charge on any atom is -0.382 e. The maximum absolute atomic E-state index is 13.6. The largest absolute Gasteiger partial charge is 0.382 e. The van der Waals surface area contributed by atoms with E-state index < -0.39 is 6.04 Å². The van der Waals surface area contributed by atoms with Crippen molar-refractivity contribution in [2.24, 2.45) is 0 Å². The van der Waals surface area contributed by atoms with Crippen LogP contribution in [0.15, 0.2) is 77.7 Å². The Balaban J connectivity index is 1.64. The first-order valence-electron chi connectivity index (χ1n) is 10.6. The number of nitrogen functional groups attached to an aromatic ring is 1. The summed E-state index contributed by atoms with van der Waals surface area (Å²) in [5, 5.41) is 7.71. The quantitative estimate of drug-likeness (QED) is 0.447. The molecule has 8 nitrogen and oxygen atoms in total. The number of aromatic nitrogens is 4. The molecule has 3 heterocycles. The molecule has 0 aliphatic carbocycles. The highest BCUT2D eigenvalue weighted by Crippen LogP contribution is 2.22. The van der Waals surface area contributed by atoms with Crippen LogP contribution < -0.4 is 16.6 Å². The molecule has 1 amide bonds. The van der Waals surface area contributed by atoms with Crippen molar-refractivity contribution in [3.63, 3.8) is 0 Å². The Labute approximate surface area is 189 Å². The number of amides is 1. The molecular formula is C25H22N6O2. The number of benzene rings is 2. The van der Waals surface area contributed by atoms with Crippen molar-refractivity contribution < 1.29 is 4.79 Å². The van der Waals surface area contributed by atoms with Crippen molar-refractivity contribution in [2.75, 3.05) is 5.73 Å². The van der Waals surface area contributed by atoms with Gasteiger partial charge in [0.1, 0.15) is 11.4 Å². The van der Waals surface area contributed by atoms with Crippen LogP contribution in [-0.2, 0) is 0 Å². The van der Waals surface area contributed by atoms with Crippen molar-refractivity contribution in [3.8, 4) is 5.69 Å². The smallest absolute Gasteiger partial charge is 0.266 e. The Morgan fingerprint density at radius 2 is 1.79 bits per heavy atom. The summed E-state index contributed by atoms with van der Waals surface area (Å²) in [5.41, 5.74) is 8.84. The van der Waals surface area contributed by atoms with E-state index in [1.165, 1.54) is 0 Å². The molecule has 2 aromatic carbocycles. The molecule has 33 heavy (non-hydrogen) atoms.